The van der Waals surface area contributed by atoms with Crippen molar-refractivity contribution in [3.8, 4) is 6.07 Å². The second kappa shape index (κ2) is 6.53. The first-order chi connectivity index (χ1) is 9.20. The van der Waals surface area contributed by atoms with Crippen molar-refractivity contribution in [1.82, 2.24) is 10.3 Å². The fourth-order valence-corrected chi connectivity index (χ4v) is 2.62. The topological polar surface area (TPSA) is 52.0 Å². The Morgan fingerprint density at radius 3 is 3.05 bits per heavy atom. The van der Waals surface area contributed by atoms with Crippen LogP contribution in [0.1, 0.15) is 32.3 Å². The summed E-state index contributed by atoms with van der Waals surface area (Å²) in [5.41, 5.74) is 1.68. The molecule has 0 aromatic carbocycles. The van der Waals surface area contributed by atoms with Crippen molar-refractivity contribution in [1.29, 1.82) is 5.26 Å². The maximum atomic E-state index is 9.24. The number of hydrogen-bond acceptors (Lipinski definition) is 4. The Hall–Kier alpha value is -1.60. The molecule has 1 aliphatic rings. The van der Waals surface area contributed by atoms with Gasteiger partial charge in [-0.3, -0.25) is 4.98 Å². The minimum atomic E-state index is 0.533. The molecule has 1 fully saturated rings. The summed E-state index contributed by atoms with van der Waals surface area (Å²) in [5.74, 6) is 0.563. The Balaban J connectivity index is 2.18. The molecule has 1 N–H and O–H groups in total. The van der Waals surface area contributed by atoms with Gasteiger partial charge in [-0.2, -0.15) is 5.26 Å². The van der Waals surface area contributed by atoms with E-state index in [0.717, 1.165) is 25.3 Å². The number of nitrogens with one attached hydrogen (secondary N) is 1. The van der Waals surface area contributed by atoms with E-state index >= 15 is 0 Å². The zero-order chi connectivity index (χ0) is 13.7. The molecular weight excluding hydrogens is 236 g/mol. The van der Waals surface area contributed by atoms with Crippen LogP contribution in [0.25, 0.3) is 0 Å². The quantitative estimate of drug-likeness (QED) is 0.879. The molecule has 1 aliphatic heterocycles. The number of rotatable bonds is 5. The first-order valence-electron chi connectivity index (χ1n) is 7.03. The van der Waals surface area contributed by atoms with Gasteiger partial charge in [0.15, 0.2) is 0 Å². The Bertz CT molecular complexity index is 444. The number of pyridine rings is 1. The van der Waals surface area contributed by atoms with E-state index in [-0.39, 0.29) is 0 Å². The second-order valence-electron chi connectivity index (χ2n) is 5.60. The Morgan fingerprint density at radius 1 is 1.58 bits per heavy atom. The molecule has 1 saturated heterocycles. The van der Waals surface area contributed by atoms with Gasteiger partial charge >= 0.3 is 0 Å². The van der Waals surface area contributed by atoms with Gasteiger partial charge in [-0.15, -0.1) is 0 Å². The van der Waals surface area contributed by atoms with Crippen LogP contribution in [0.5, 0.6) is 0 Å². The van der Waals surface area contributed by atoms with Gasteiger partial charge in [-0.25, -0.2) is 0 Å². The predicted octanol–water partition coefficient (Wildman–Crippen LogP) is 2.17. The van der Waals surface area contributed by atoms with E-state index in [1.54, 1.807) is 12.3 Å². The van der Waals surface area contributed by atoms with Gasteiger partial charge < -0.3 is 10.2 Å². The van der Waals surface area contributed by atoms with Gasteiger partial charge in [-0.1, -0.05) is 13.8 Å². The van der Waals surface area contributed by atoms with Crippen LogP contribution in [-0.2, 0) is 0 Å². The molecule has 1 atom stereocenters. The van der Waals surface area contributed by atoms with Crippen LogP contribution >= 0.6 is 0 Å². The molecule has 19 heavy (non-hydrogen) atoms. The summed E-state index contributed by atoms with van der Waals surface area (Å²) in [5, 5.41) is 12.8. The van der Waals surface area contributed by atoms with E-state index in [9.17, 15) is 5.26 Å². The van der Waals surface area contributed by atoms with E-state index in [1.165, 1.54) is 12.8 Å². The van der Waals surface area contributed by atoms with E-state index in [4.69, 9.17) is 0 Å². The highest BCUT2D eigenvalue weighted by molar-refractivity contribution is 5.57. The fraction of sp³-hybridized carbons (Fsp3) is 0.600. The lowest BCUT2D eigenvalue weighted by Crippen LogP contribution is -2.39. The monoisotopic (exact) mass is 258 g/mol. The molecular formula is C15H22N4. The highest BCUT2D eigenvalue weighted by Crippen LogP contribution is 2.21. The third-order valence-corrected chi connectivity index (χ3v) is 3.45. The minimum absolute atomic E-state index is 0.533. The number of aromatic nitrogens is 1. The molecule has 4 heteroatoms. The first kappa shape index (κ1) is 13.8. The van der Waals surface area contributed by atoms with Crippen molar-refractivity contribution in [2.24, 2.45) is 5.92 Å². The zero-order valence-corrected chi connectivity index (χ0v) is 11.8. The van der Waals surface area contributed by atoms with Crippen molar-refractivity contribution in [3.63, 3.8) is 0 Å². The summed E-state index contributed by atoms with van der Waals surface area (Å²) >= 11 is 0. The van der Waals surface area contributed by atoms with Gasteiger partial charge in [-0.05, 0) is 31.4 Å². The van der Waals surface area contributed by atoms with E-state index in [1.807, 2.05) is 6.20 Å². The lowest BCUT2D eigenvalue weighted by molar-refractivity contribution is 0.540. The van der Waals surface area contributed by atoms with E-state index in [2.05, 4.69) is 35.1 Å². The summed E-state index contributed by atoms with van der Waals surface area (Å²) < 4.78 is 0. The molecule has 0 bridgehead atoms. The van der Waals surface area contributed by atoms with Crippen molar-refractivity contribution in [2.45, 2.75) is 32.7 Å². The van der Waals surface area contributed by atoms with Crippen LogP contribution in [0, 0.1) is 17.2 Å². The summed E-state index contributed by atoms with van der Waals surface area (Å²) in [7, 11) is 0. The molecule has 0 radical (unpaired) electrons. The standard InChI is InChI=1S/C15H22N4/c1-12(2)10-19(11-14-4-3-6-18-14)15-9-17-7-5-13(15)8-16/h5,7,9,12,14,18H,3-4,6,10-11H2,1-2H3. The van der Waals surface area contributed by atoms with Crippen LogP contribution in [0.3, 0.4) is 0 Å². The summed E-state index contributed by atoms with van der Waals surface area (Å²) in [6.07, 6.45) is 5.97. The molecule has 1 aromatic heterocycles. The third kappa shape index (κ3) is 3.68. The molecule has 1 unspecified atom stereocenters. The molecule has 4 nitrogen and oxygen atoms in total. The van der Waals surface area contributed by atoms with E-state index < -0.39 is 0 Å². The van der Waals surface area contributed by atoms with Crippen LogP contribution in [0.2, 0.25) is 0 Å². The van der Waals surface area contributed by atoms with Gasteiger partial charge in [0, 0.05) is 25.3 Å². The molecule has 0 amide bonds. The van der Waals surface area contributed by atoms with Gasteiger partial charge in [0.2, 0.25) is 0 Å². The van der Waals surface area contributed by atoms with Crippen molar-refractivity contribution in [3.05, 3.63) is 24.0 Å². The highest BCUT2D eigenvalue weighted by atomic mass is 15.2. The minimum Gasteiger partial charge on any atom is -0.367 e. The predicted molar refractivity (Wildman–Crippen MR) is 77.0 cm³/mol. The fourth-order valence-electron chi connectivity index (χ4n) is 2.62. The average molecular weight is 258 g/mol. The highest BCUT2D eigenvalue weighted by Gasteiger charge is 2.20. The molecule has 0 saturated carbocycles. The number of hydrogen-bond donors (Lipinski definition) is 1. The Morgan fingerprint density at radius 2 is 2.42 bits per heavy atom. The van der Waals surface area contributed by atoms with Gasteiger partial charge in [0.25, 0.3) is 0 Å². The molecule has 102 valence electrons. The summed E-state index contributed by atoms with van der Waals surface area (Å²) in [6.45, 7) is 7.43. The number of nitriles is 1. The number of anilines is 1. The largest absolute Gasteiger partial charge is 0.367 e. The molecule has 2 rings (SSSR count). The summed E-state index contributed by atoms with van der Waals surface area (Å²) in [4.78, 5) is 6.49. The molecule has 1 aromatic rings. The van der Waals surface area contributed by atoms with Gasteiger partial charge in [0.05, 0.1) is 17.4 Å². The average Bonchev–Trinajstić information content (AvgIpc) is 2.90. The van der Waals surface area contributed by atoms with Crippen LogP contribution in [0.4, 0.5) is 5.69 Å². The molecule has 0 spiro atoms. The number of nitrogens with zero attached hydrogens (tertiary/aromatic N) is 3. The third-order valence-electron chi connectivity index (χ3n) is 3.45. The smallest absolute Gasteiger partial charge is 0.101 e. The first-order valence-corrected chi connectivity index (χ1v) is 7.03. The van der Waals surface area contributed by atoms with Crippen molar-refractivity contribution < 1.29 is 0 Å². The van der Waals surface area contributed by atoms with Gasteiger partial charge in [0.1, 0.15) is 6.07 Å². The maximum Gasteiger partial charge on any atom is 0.101 e. The summed E-state index contributed by atoms with van der Waals surface area (Å²) in [6, 6.07) is 4.60. The Labute approximate surface area is 115 Å². The Kier molecular flexibility index (Phi) is 4.75. The van der Waals surface area contributed by atoms with E-state index in [0.29, 0.717) is 17.5 Å². The molecule has 2 heterocycles. The normalized spacial score (nSPS) is 18.5. The van der Waals surface area contributed by atoms with Crippen molar-refractivity contribution in [2.75, 3.05) is 24.5 Å². The van der Waals surface area contributed by atoms with Crippen molar-refractivity contribution >= 4 is 5.69 Å². The lowest BCUT2D eigenvalue weighted by atomic mass is 10.1. The van der Waals surface area contributed by atoms with Crippen LogP contribution < -0.4 is 10.2 Å². The van der Waals surface area contributed by atoms with Crippen LogP contribution in [-0.4, -0.2) is 30.7 Å². The maximum absolute atomic E-state index is 9.24. The lowest BCUT2D eigenvalue weighted by Gasteiger charge is -2.29. The molecule has 0 aliphatic carbocycles. The zero-order valence-electron chi connectivity index (χ0n) is 11.8. The SMILES string of the molecule is CC(C)CN(CC1CCCN1)c1cnccc1C#N. The van der Waals surface area contributed by atoms with Crippen LogP contribution in [0.15, 0.2) is 18.5 Å². The second-order valence-corrected chi connectivity index (χ2v) is 5.60.